The summed E-state index contributed by atoms with van der Waals surface area (Å²) in [7, 11) is -5.84. The van der Waals surface area contributed by atoms with Gasteiger partial charge in [-0.15, -0.1) is 0 Å². The van der Waals surface area contributed by atoms with Gasteiger partial charge in [0.1, 0.15) is 0 Å². The summed E-state index contributed by atoms with van der Waals surface area (Å²) in [6.45, 7) is 5.40. The highest BCUT2D eigenvalue weighted by Crippen LogP contribution is 2.34. The maximum atomic E-state index is 12.5. The Morgan fingerprint density at radius 1 is 1.00 bits per heavy atom. The lowest BCUT2D eigenvalue weighted by Gasteiger charge is -2.14. The number of fused-ring (bicyclic) bond motifs is 1. The summed E-state index contributed by atoms with van der Waals surface area (Å²) in [5.74, 6) is -0.642. The molecule has 0 atom stereocenters. The topological polar surface area (TPSA) is 60.4 Å². The Morgan fingerprint density at radius 2 is 1.61 bits per heavy atom. The van der Waals surface area contributed by atoms with Crippen LogP contribution in [0.3, 0.4) is 0 Å². The number of benzene rings is 2. The van der Waals surface area contributed by atoms with E-state index < -0.39 is 21.4 Å². The predicted molar refractivity (Wildman–Crippen MR) is 79.1 cm³/mol. The normalized spacial score (nSPS) is 12.4. The maximum Gasteiger partial charge on any atom is 0.534 e. The smallest absolute Gasteiger partial charge is 0.375 e. The molecule has 0 fully saturated rings. The molecule has 2 aromatic carbocycles. The predicted octanol–water partition coefficient (Wildman–Crippen LogP) is 3.81. The first-order chi connectivity index (χ1) is 10.5. The molecule has 4 nitrogen and oxygen atoms in total. The molecule has 124 valence electrons. The van der Waals surface area contributed by atoms with E-state index in [1.807, 2.05) is 13.0 Å². The third-order valence-corrected chi connectivity index (χ3v) is 4.58. The molecule has 0 saturated heterocycles. The third kappa shape index (κ3) is 3.03. The van der Waals surface area contributed by atoms with Gasteiger partial charge in [-0.1, -0.05) is 6.07 Å². The number of carbonyl (C=O) groups excluding carboxylic acids is 1. The highest BCUT2D eigenvalue weighted by atomic mass is 32.2. The molecule has 0 aliphatic rings. The van der Waals surface area contributed by atoms with Crippen LogP contribution in [0.15, 0.2) is 18.2 Å². The molecule has 0 radical (unpaired) electrons. The fraction of sp³-hybridized carbons (Fsp3) is 0.267. The van der Waals surface area contributed by atoms with E-state index in [0.29, 0.717) is 10.8 Å². The molecule has 23 heavy (non-hydrogen) atoms. The van der Waals surface area contributed by atoms with Crippen LogP contribution in [0.4, 0.5) is 13.2 Å². The Bertz CT molecular complexity index is 899. The summed E-state index contributed by atoms with van der Waals surface area (Å²) < 4.78 is 63.9. The fourth-order valence-corrected chi connectivity index (χ4v) is 2.76. The van der Waals surface area contributed by atoms with Crippen molar-refractivity contribution in [2.24, 2.45) is 0 Å². The molecule has 2 aromatic rings. The largest absolute Gasteiger partial charge is 0.534 e. The van der Waals surface area contributed by atoms with E-state index >= 15 is 0 Å². The van der Waals surface area contributed by atoms with Crippen molar-refractivity contribution < 1.29 is 30.6 Å². The zero-order valence-electron chi connectivity index (χ0n) is 12.5. The maximum absolute atomic E-state index is 12.5. The lowest BCUT2D eigenvalue weighted by molar-refractivity contribution is -0.0500. The van der Waals surface area contributed by atoms with Crippen molar-refractivity contribution in [3.63, 3.8) is 0 Å². The lowest BCUT2D eigenvalue weighted by atomic mass is 9.95. The van der Waals surface area contributed by atoms with Crippen LogP contribution < -0.4 is 4.18 Å². The molecule has 0 bridgehead atoms. The number of rotatable bonds is 3. The number of hydrogen-bond acceptors (Lipinski definition) is 4. The van der Waals surface area contributed by atoms with Gasteiger partial charge in [0.25, 0.3) is 0 Å². The van der Waals surface area contributed by atoms with Crippen LogP contribution in [-0.4, -0.2) is 20.2 Å². The van der Waals surface area contributed by atoms with Crippen LogP contribution >= 0.6 is 0 Å². The number of aldehydes is 1. The molecule has 2 rings (SSSR count). The second-order valence-electron chi connectivity index (χ2n) is 5.17. The monoisotopic (exact) mass is 346 g/mol. The Hall–Kier alpha value is -2.09. The summed E-state index contributed by atoms with van der Waals surface area (Å²) in [6, 6.07) is 4.29. The van der Waals surface area contributed by atoms with Crippen molar-refractivity contribution in [3.8, 4) is 5.75 Å². The average Bonchev–Trinajstić information content (AvgIpc) is 2.43. The van der Waals surface area contributed by atoms with E-state index in [1.165, 1.54) is 6.07 Å². The van der Waals surface area contributed by atoms with E-state index in [0.717, 1.165) is 22.8 Å². The van der Waals surface area contributed by atoms with Gasteiger partial charge in [0.15, 0.2) is 12.0 Å². The van der Waals surface area contributed by atoms with Gasteiger partial charge in [0, 0.05) is 0 Å². The standard InChI is InChI=1S/C15H13F3O4S/c1-8-4-9(2)12-6-14(22-23(20,21)15(16,17)18)11(7-19)5-13(12)10(8)3/h4-7H,1-3H3. The van der Waals surface area contributed by atoms with E-state index in [9.17, 15) is 26.4 Å². The van der Waals surface area contributed by atoms with Crippen molar-refractivity contribution in [3.05, 3.63) is 40.5 Å². The zero-order valence-corrected chi connectivity index (χ0v) is 13.3. The van der Waals surface area contributed by atoms with Gasteiger partial charge >= 0.3 is 15.6 Å². The molecule has 0 aliphatic carbocycles. The van der Waals surface area contributed by atoms with Crippen LogP contribution in [0, 0.1) is 20.8 Å². The van der Waals surface area contributed by atoms with E-state index in [2.05, 4.69) is 4.18 Å². The SMILES string of the molecule is Cc1cc(C)c2cc(OS(=O)(=O)C(F)(F)F)c(C=O)cc2c1C. The molecule has 0 unspecified atom stereocenters. The van der Waals surface area contributed by atoms with Crippen LogP contribution in [0.2, 0.25) is 0 Å². The number of alkyl halides is 3. The zero-order chi connectivity index (χ0) is 17.6. The Kier molecular flexibility index (Phi) is 4.14. The highest BCUT2D eigenvalue weighted by molar-refractivity contribution is 7.88. The molecule has 0 amide bonds. The average molecular weight is 346 g/mol. The van der Waals surface area contributed by atoms with Crippen LogP contribution in [-0.2, 0) is 10.1 Å². The molecule has 0 aromatic heterocycles. The lowest BCUT2D eigenvalue weighted by Crippen LogP contribution is -2.28. The Balaban J connectivity index is 2.73. The number of halogens is 3. The van der Waals surface area contributed by atoms with Crippen molar-refractivity contribution in [2.75, 3.05) is 0 Å². The van der Waals surface area contributed by atoms with E-state index in [4.69, 9.17) is 0 Å². The van der Waals surface area contributed by atoms with E-state index in [1.54, 1.807) is 13.8 Å². The molecule has 0 aliphatic heterocycles. The molecular formula is C15H13F3O4S. The van der Waals surface area contributed by atoms with Crippen molar-refractivity contribution in [1.29, 1.82) is 0 Å². The Labute approximate surface area is 131 Å². The second-order valence-corrected chi connectivity index (χ2v) is 6.71. The summed E-state index contributed by atoms with van der Waals surface area (Å²) in [4.78, 5) is 11.1. The van der Waals surface area contributed by atoms with Gasteiger partial charge in [-0.3, -0.25) is 4.79 Å². The second kappa shape index (κ2) is 5.52. The van der Waals surface area contributed by atoms with E-state index in [-0.39, 0.29) is 11.8 Å². The first-order valence-electron chi connectivity index (χ1n) is 6.48. The summed E-state index contributed by atoms with van der Waals surface area (Å²) in [6.07, 6.45) is 0.262. The summed E-state index contributed by atoms with van der Waals surface area (Å²) in [5.41, 5.74) is -3.31. The van der Waals surface area contributed by atoms with Crippen molar-refractivity contribution >= 4 is 27.2 Å². The molecule has 0 saturated carbocycles. The van der Waals surface area contributed by atoms with Gasteiger partial charge in [0.2, 0.25) is 0 Å². The minimum Gasteiger partial charge on any atom is -0.375 e. The first kappa shape index (κ1) is 17.3. The molecular weight excluding hydrogens is 333 g/mol. The summed E-state index contributed by atoms with van der Waals surface area (Å²) >= 11 is 0. The van der Waals surface area contributed by atoms with Gasteiger partial charge < -0.3 is 4.18 Å². The number of carbonyl (C=O) groups is 1. The van der Waals surface area contributed by atoms with Crippen molar-refractivity contribution in [2.45, 2.75) is 26.3 Å². The number of hydrogen-bond donors (Lipinski definition) is 0. The molecule has 8 heteroatoms. The van der Waals surface area contributed by atoms with Gasteiger partial charge in [-0.2, -0.15) is 21.6 Å². The van der Waals surface area contributed by atoms with Crippen LogP contribution in [0.1, 0.15) is 27.0 Å². The Morgan fingerprint density at radius 3 is 2.13 bits per heavy atom. The molecule has 0 N–H and O–H groups in total. The minimum absolute atomic E-state index is 0.262. The van der Waals surface area contributed by atoms with Crippen LogP contribution in [0.25, 0.3) is 10.8 Å². The first-order valence-corrected chi connectivity index (χ1v) is 7.89. The number of aryl methyl sites for hydroxylation is 3. The highest BCUT2D eigenvalue weighted by Gasteiger charge is 2.48. The van der Waals surface area contributed by atoms with Gasteiger partial charge in [-0.25, -0.2) is 0 Å². The van der Waals surface area contributed by atoms with Crippen LogP contribution in [0.5, 0.6) is 5.75 Å². The molecule has 0 spiro atoms. The summed E-state index contributed by atoms with van der Waals surface area (Å²) in [5, 5.41) is 1.17. The fourth-order valence-electron chi connectivity index (χ4n) is 2.29. The van der Waals surface area contributed by atoms with Gasteiger partial charge in [0.05, 0.1) is 5.56 Å². The minimum atomic E-state index is -5.84. The third-order valence-electron chi connectivity index (χ3n) is 3.61. The van der Waals surface area contributed by atoms with Gasteiger partial charge in [-0.05, 0) is 60.4 Å². The van der Waals surface area contributed by atoms with Crippen molar-refractivity contribution in [1.82, 2.24) is 0 Å². The molecule has 0 heterocycles. The quantitative estimate of drug-likeness (QED) is 0.482.